The minimum atomic E-state index is -1.49. The third-order valence-corrected chi connectivity index (χ3v) is 1.78. The van der Waals surface area contributed by atoms with Crippen LogP contribution in [0.4, 0.5) is 4.39 Å². The van der Waals surface area contributed by atoms with Gasteiger partial charge in [-0.3, -0.25) is 9.59 Å². The fourth-order valence-corrected chi connectivity index (χ4v) is 0.989. The van der Waals surface area contributed by atoms with Crippen LogP contribution in [0, 0.1) is 5.82 Å². The van der Waals surface area contributed by atoms with Gasteiger partial charge in [-0.05, 0) is 17.7 Å². The van der Waals surface area contributed by atoms with Gasteiger partial charge in [0.25, 0.3) is 0 Å². The van der Waals surface area contributed by atoms with E-state index in [1.165, 1.54) is 12.1 Å². The van der Waals surface area contributed by atoms with E-state index >= 15 is 0 Å². The Morgan fingerprint density at radius 1 is 1.29 bits per heavy atom. The smallest absolute Gasteiger partial charge is 0.230 e. The molecule has 0 saturated heterocycles. The van der Waals surface area contributed by atoms with Gasteiger partial charge in [-0.25, -0.2) is 4.39 Å². The number of aliphatic hydroxyl groups excluding tert-OH is 1. The lowest BCUT2D eigenvalue weighted by Crippen LogP contribution is -2.19. The van der Waals surface area contributed by atoms with Crippen molar-refractivity contribution in [3.05, 3.63) is 35.6 Å². The van der Waals surface area contributed by atoms with Gasteiger partial charge >= 0.3 is 0 Å². The lowest BCUT2D eigenvalue weighted by Gasteiger charge is -2.06. The van der Waals surface area contributed by atoms with Crippen LogP contribution < -0.4 is 0 Å². The number of aliphatic hydroxyl groups is 1. The molecule has 0 bridgehead atoms. The highest BCUT2D eigenvalue weighted by Crippen LogP contribution is 2.14. The van der Waals surface area contributed by atoms with Crippen molar-refractivity contribution in [2.75, 3.05) is 0 Å². The Hall–Kier alpha value is -1.55. The summed E-state index contributed by atoms with van der Waals surface area (Å²) in [5.41, 5.74) is 0.214. The predicted octanol–water partition coefficient (Wildman–Crippen LogP) is 1.02. The second kappa shape index (κ2) is 4.11. The zero-order valence-electron chi connectivity index (χ0n) is 7.53. The number of carbonyl (C=O) groups excluding carboxylic acids is 2. The third-order valence-electron chi connectivity index (χ3n) is 1.78. The Morgan fingerprint density at radius 2 is 1.79 bits per heavy atom. The highest BCUT2D eigenvalue weighted by Gasteiger charge is 2.20. The zero-order chi connectivity index (χ0) is 10.7. The molecule has 3 nitrogen and oxygen atoms in total. The van der Waals surface area contributed by atoms with E-state index in [-0.39, 0.29) is 5.56 Å². The molecule has 1 atom stereocenters. The molecule has 0 heterocycles. The average molecular weight is 196 g/mol. The molecule has 0 radical (unpaired) electrons. The molecular formula is C10H9FO3. The molecule has 1 aromatic carbocycles. The number of hydrogen-bond donors (Lipinski definition) is 1. The van der Waals surface area contributed by atoms with Gasteiger partial charge in [0.15, 0.2) is 5.78 Å². The van der Waals surface area contributed by atoms with Gasteiger partial charge in [-0.2, -0.15) is 0 Å². The number of ketones is 2. The monoisotopic (exact) mass is 196 g/mol. The van der Waals surface area contributed by atoms with Gasteiger partial charge in [0.05, 0.1) is 0 Å². The molecular weight excluding hydrogens is 187 g/mol. The first kappa shape index (κ1) is 10.5. The van der Waals surface area contributed by atoms with Crippen molar-refractivity contribution in [1.29, 1.82) is 0 Å². The first-order chi connectivity index (χ1) is 6.52. The van der Waals surface area contributed by atoms with Crippen LogP contribution in [-0.4, -0.2) is 16.7 Å². The lowest BCUT2D eigenvalue weighted by atomic mass is 10.0. The van der Waals surface area contributed by atoms with E-state index < -0.39 is 23.5 Å². The zero-order valence-corrected chi connectivity index (χ0v) is 7.53. The summed E-state index contributed by atoms with van der Waals surface area (Å²) < 4.78 is 12.5. The van der Waals surface area contributed by atoms with E-state index in [1.54, 1.807) is 0 Å². The molecule has 1 N–H and O–H groups in total. The van der Waals surface area contributed by atoms with Crippen LogP contribution in [0.5, 0.6) is 0 Å². The van der Waals surface area contributed by atoms with Gasteiger partial charge in [-0.1, -0.05) is 12.1 Å². The second-order valence-corrected chi connectivity index (χ2v) is 2.87. The molecule has 14 heavy (non-hydrogen) atoms. The summed E-state index contributed by atoms with van der Waals surface area (Å²) in [6.45, 7) is 1.08. The van der Waals surface area contributed by atoms with Gasteiger partial charge < -0.3 is 5.11 Å². The maximum absolute atomic E-state index is 12.5. The van der Waals surface area contributed by atoms with Crippen molar-refractivity contribution < 1.29 is 19.1 Å². The second-order valence-electron chi connectivity index (χ2n) is 2.87. The van der Waals surface area contributed by atoms with E-state index in [0.29, 0.717) is 0 Å². The summed E-state index contributed by atoms with van der Waals surface area (Å²) in [4.78, 5) is 21.7. The first-order valence-corrected chi connectivity index (χ1v) is 4.00. The third kappa shape index (κ3) is 2.23. The maximum Gasteiger partial charge on any atom is 0.230 e. The maximum atomic E-state index is 12.5. The van der Waals surface area contributed by atoms with Crippen molar-refractivity contribution in [3.8, 4) is 0 Å². The normalized spacial score (nSPS) is 12.2. The Balaban J connectivity index is 2.89. The summed E-state index contributed by atoms with van der Waals surface area (Å²) >= 11 is 0. The molecule has 74 valence electrons. The molecule has 0 aromatic heterocycles. The largest absolute Gasteiger partial charge is 0.380 e. The van der Waals surface area contributed by atoms with Gasteiger partial charge in [-0.15, -0.1) is 0 Å². The standard InChI is InChI=1S/C10H9FO3/c1-6(12)9(13)10(14)7-2-4-8(11)5-3-7/h2-5,10,14H,1H3. The quantitative estimate of drug-likeness (QED) is 0.734. The van der Waals surface area contributed by atoms with Crippen molar-refractivity contribution >= 4 is 11.6 Å². The highest BCUT2D eigenvalue weighted by atomic mass is 19.1. The van der Waals surface area contributed by atoms with E-state index in [0.717, 1.165) is 19.1 Å². The van der Waals surface area contributed by atoms with Crippen LogP contribution in [0.1, 0.15) is 18.6 Å². The Bertz CT molecular complexity index is 356. The molecule has 1 unspecified atom stereocenters. The summed E-state index contributed by atoms with van der Waals surface area (Å²) in [7, 11) is 0. The molecule has 0 aliphatic carbocycles. The fraction of sp³-hybridized carbons (Fsp3) is 0.200. The number of rotatable bonds is 3. The first-order valence-electron chi connectivity index (χ1n) is 4.00. The minimum absolute atomic E-state index is 0.214. The summed E-state index contributed by atoms with van der Waals surface area (Å²) in [5, 5.41) is 9.36. The molecule has 1 aromatic rings. The van der Waals surface area contributed by atoms with Gasteiger partial charge in [0.2, 0.25) is 5.78 Å². The van der Waals surface area contributed by atoms with Crippen LogP contribution in [0.25, 0.3) is 0 Å². The van der Waals surface area contributed by atoms with Crippen LogP contribution in [0.15, 0.2) is 24.3 Å². The summed E-state index contributed by atoms with van der Waals surface area (Å²) in [6, 6.07) is 4.76. The Morgan fingerprint density at radius 3 is 2.21 bits per heavy atom. The molecule has 0 aliphatic rings. The van der Waals surface area contributed by atoms with Gasteiger partial charge in [0.1, 0.15) is 11.9 Å². The SMILES string of the molecule is CC(=O)C(=O)C(O)c1ccc(F)cc1. The molecule has 0 spiro atoms. The molecule has 0 amide bonds. The van der Waals surface area contributed by atoms with Crippen molar-refractivity contribution in [3.63, 3.8) is 0 Å². The van der Waals surface area contributed by atoms with Crippen LogP contribution in [0.2, 0.25) is 0 Å². The lowest BCUT2D eigenvalue weighted by molar-refractivity contribution is -0.140. The summed E-state index contributed by atoms with van der Waals surface area (Å²) in [6.07, 6.45) is -1.49. The van der Waals surface area contributed by atoms with E-state index in [2.05, 4.69) is 0 Å². The van der Waals surface area contributed by atoms with Crippen LogP contribution in [-0.2, 0) is 9.59 Å². The Labute approximate surface area is 80.2 Å². The topological polar surface area (TPSA) is 54.4 Å². The number of hydrogen-bond acceptors (Lipinski definition) is 3. The Kier molecular flexibility index (Phi) is 3.09. The molecule has 0 fully saturated rings. The van der Waals surface area contributed by atoms with Crippen LogP contribution in [0.3, 0.4) is 0 Å². The van der Waals surface area contributed by atoms with Crippen molar-refractivity contribution in [1.82, 2.24) is 0 Å². The van der Waals surface area contributed by atoms with Crippen molar-refractivity contribution in [2.24, 2.45) is 0 Å². The fourth-order valence-electron chi connectivity index (χ4n) is 0.989. The molecule has 1 rings (SSSR count). The highest BCUT2D eigenvalue weighted by molar-refractivity contribution is 6.37. The minimum Gasteiger partial charge on any atom is -0.380 e. The predicted molar refractivity (Wildman–Crippen MR) is 47.0 cm³/mol. The molecule has 0 saturated carbocycles. The number of halogens is 1. The van der Waals surface area contributed by atoms with Crippen LogP contribution >= 0.6 is 0 Å². The van der Waals surface area contributed by atoms with Gasteiger partial charge in [0, 0.05) is 6.92 Å². The van der Waals surface area contributed by atoms with E-state index in [4.69, 9.17) is 0 Å². The summed E-state index contributed by atoms with van der Waals surface area (Å²) in [5.74, 6) is -2.07. The van der Waals surface area contributed by atoms with E-state index in [9.17, 15) is 19.1 Å². The molecule has 0 aliphatic heterocycles. The molecule has 4 heteroatoms. The van der Waals surface area contributed by atoms with Crippen molar-refractivity contribution in [2.45, 2.75) is 13.0 Å². The number of carbonyl (C=O) groups is 2. The average Bonchev–Trinajstić information content (AvgIpc) is 2.16. The number of benzene rings is 1. The number of Topliss-reactive ketones (excluding diaryl/α,β-unsaturated/α-hetero) is 2. The van der Waals surface area contributed by atoms with E-state index in [1.807, 2.05) is 0 Å².